The molecule has 0 fully saturated rings. The van der Waals surface area contributed by atoms with Crippen LogP contribution in [0.2, 0.25) is 5.02 Å². The molecule has 0 atom stereocenters. The van der Waals surface area contributed by atoms with Crippen LogP contribution in [0.15, 0.2) is 42.5 Å². The largest absolute Gasteiger partial charge is 0.377 e. The van der Waals surface area contributed by atoms with Crippen molar-refractivity contribution in [3.8, 4) is 0 Å². The van der Waals surface area contributed by atoms with Gasteiger partial charge in [-0.25, -0.2) is 0 Å². The molecule has 0 spiro atoms. The smallest absolute Gasteiger partial charge is 0.257 e. The van der Waals surface area contributed by atoms with Crippen molar-refractivity contribution >= 4 is 34.8 Å². The molecule has 2 rings (SSSR count). The summed E-state index contributed by atoms with van der Waals surface area (Å²) >= 11 is 6.14. The second-order valence-corrected chi connectivity index (χ2v) is 8.18. The Morgan fingerprint density at radius 3 is 2.43 bits per heavy atom. The van der Waals surface area contributed by atoms with Gasteiger partial charge >= 0.3 is 0 Å². The van der Waals surface area contributed by atoms with Crippen LogP contribution in [-0.2, 0) is 16.1 Å². The van der Waals surface area contributed by atoms with Crippen LogP contribution in [0.3, 0.4) is 0 Å². The first-order valence-electron chi connectivity index (χ1n) is 9.85. The molecule has 0 saturated carbocycles. The van der Waals surface area contributed by atoms with Gasteiger partial charge in [0.05, 0.1) is 10.6 Å². The SMILES string of the molecule is COCC(=O)N(Cc1cc(NC(=O)c2ccccc2Cl)ccc1N(C)C)CC(C)C. The molecule has 0 unspecified atom stereocenters. The second-order valence-electron chi connectivity index (χ2n) is 7.77. The number of benzene rings is 2. The van der Waals surface area contributed by atoms with E-state index in [4.69, 9.17) is 16.3 Å². The minimum absolute atomic E-state index is 0.0347. The van der Waals surface area contributed by atoms with E-state index in [1.165, 1.54) is 7.11 Å². The number of nitrogens with zero attached hydrogens (tertiary/aromatic N) is 2. The molecule has 162 valence electrons. The van der Waals surface area contributed by atoms with E-state index in [0.717, 1.165) is 11.3 Å². The number of carbonyl (C=O) groups is 2. The van der Waals surface area contributed by atoms with E-state index in [-0.39, 0.29) is 18.4 Å². The van der Waals surface area contributed by atoms with Crippen molar-refractivity contribution in [3.05, 3.63) is 58.6 Å². The van der Waals surface area contributed by atoms with Gasteiger partial charge in [0, 0.05) is 45.7 Å². The van der Waals surface area contributed by atoms with Crippen molar-refractivity contribution in [1.29, 1.82) is 0 Å². The van der Waals surface area contributed by atoms with Crippen LogP contribution >= 0.6 is 11.6 Å². The number of nitrogens with one attached hydrogen (secondary N) is 1. The van der Waals surface area contributed by atoms with Crippen LogP contribution < -0.4 is 10.2 Å². The summed E-state index contributed by atoms with van der Waals surface area (Å²) in [6.07, 6.45) is 0. The zero-order chi connectivity index (χ0) is 22.3. The van der Waals surface area contributed by atoms with Gasteiger partial charge in [-0.2, -0.15) is 0 Å². The van der Waals surface area contributed by atoms with Crippen molar-refractivity contribution in [3.63, 3.8) is 0 Å². The van der Waals surface area contributed by atoms with Crippen LogP contribution in [0.4, 0.5) is 11.4 Å². The van der Waals surface area contributed by atoms with E-state index in [1.54, 1.807) is 29.2 Å². The lowest BCUT2D eigenvalue weighted by molar-refractivity contribution is -0.136. The Morgan fingerprint density at radius 1 is 1.13 bits per heavy atom. The molecule has 0 aromatic heterocycles. The van der Waals surface area contributed by atoms with Crippen molar-refractivity contribution in [2.75, 3.05) is 44.6 Å². The average molecular weight is 432 g/mol. The molecule has 0 aliphatic carbocycles. The van der Waals surface area contributed by atoms with Gasteiger partial charge in [0.25, 0.3) is 5.91 Å². The molecule has 0 radical (unpaired) electrons. The molecule has 2 aromatic carbocycles. The standard InChI is InChI=1S/C23H30ClN3O3/c1-16(2)13-27(22(28)15-30-5)14-17-12-18(10-11-21(17)26(3)4)25-23(29)19-8-6-7-9-20(19)24/h6-12,16H,13-15H2,1-5H3,(H,25,29). The molecular weight excluding hydrogens is 402 g/mol. The predicted octanol–water partition coefficient (Wildman–Crippen LogP) is 4.29. The number of hydrogen-bond donors (Lipinski definition) is 1. The van der Waals surface area contributed by atoms with E-state index in [9.17, 15) is 9.59 Å². The van der Waals surface area contributed by atoms with Crippen LogP contribution in [-0.4, -0.2) is 51.1 Å². The Kier molecular flexibility index (Phi) is 8.69. The number of halogens is 1. The maximum atomic E-state index is 12.6. The van der Waals surface area contributed by atoms with Gasteiger partial charge < -0.3 is 19.9 Å². The summed E-state index contributed by atoms with van der Waals surface area (Å²) in [5.74, 6) is -0.0308. The number of amides is 2. The van der Waals surface area contributed by atoms with Gasteiger partial charge in [-0.05, 0) is 41.8 Å². The Hall–Kier alpha value is -2.57. The summed E-state index contributed by atoms with van der Waals surface area (Å²) in [7, 11) is 5.41. The fourth-order valence-electron chi connectivity index (χ4n) is 3.19. The summed E-state index contributed by atoms with van der Waals surface area (Å²) in [5, 5.41) is 3.30. The average Bonchev–Trinajstić information content (AvgIpc) is 2.67. The molecule has 0 heterocycles. The number of anilines is 2. The first-order chi connectivity index (χ1) is 14.2. The minimum Gasteiger partial charge on any atom is -0.377 e. The number of rotatable bonds is 9. The molecule has 7 heteroatoms. The minimum atomic E-state index is -0.279. The lowest BCUT2D eigenvalue weighted by atomic mass is 10.1. The van der Waals surface area contributed by atoms with Gasteiger partial charge in [0.15, 0.2) is 0 Å². The molecule has 0 aliphatic rings. The first kappa shape index (κ1) is 23.7. The molecule has 1 N–H and O–H groups in total. The third-order valence-electron chi connectivity index (χ3n) is 4.50. The summed E-state index contributed by atoms with van der Waals surface area (Å²) < 4.78 is 5.05. The molecule has 2 amide bonds. The lowest BCUT2D eigenvalue weighted by Crippen LogP contribution is -2.36. The van der Waals surface area contributed by atoms with E-state index >= 15 is 0 Å². The van der Waals surface area contributed by atoms with Gasteiger partial charge in [0.1, 0.15) is 6.61 Å². The Morgan fingerprint density at radius 2 is 1.83 bits per heavy atom. The Balaban J connectivity index is 2.31. The Labute approximate surface area is 183 Å². The monoisotopic (exact) mass is 431 g/mol. The number of hydrogen-bond acceptors (Lipinski definition) is 4. The lowest BCUT2D eigenvalue weighted by Gasteiger charge is -2.27. The third kappa shape index (κ3) is 6.47. The fourth-order valence-corrected chi connectivity index (χ4v) is 3.41. The highest BCUT2D eigenvalue weighted by Crippen LogP contribution is 2.26. The second kappa shape index (κ2) is 11.0. The maximum Gasteiger partial charge on any atom is 0.257 e. The first-order valence-corrected chi connectivity index (χ1v) is 10.2. The zero-order valence-electron chi connectivity index (χ0n) is 18.2. The number of methoxy groups -OCH3 is 1. The van der Waals surface area contributed by atoms with E-state index in [0.29, 0.717) is 35.3 Å². The van der Waals surface area contributed by atoms with Gasteiger partial charge in [-0.1, -0.05) is 37.6 Å². The molecule has 0 bridgehead atoms. The molecule has 2 aromatic rings. The van der Waals surface area contributed by atoms with Crippen molar-refractivity contribution in [2.45, 2.75) is 20.4 Å². The quantitative estimate of drug-likeness (QED) is 0.643. The maximum absolute atomic E-state index is 12.6. The third-order valence-corrected chi connectivity index (χ3v) is 4.83. The fraction of sp³-hybridized carbons (Fsp3) is 0.391. The number of ether oxygens (including phenoxy) is 1. The summed E-state index contributed by atoms with van der Waals surface area (Å²) in [4.78, 5) is 29.0. The molecule has 6 nitrogen and oxygen atoms in total. The van der Waals surface area contributed by atoms with Crippen molar-refractivity contribution in [1.82, 2.24) is 4.90 Å². The molecule has 0 saturated heterocycles. The van der Waals surface area contributed by atoms with Gasteiger partial charge in [-0.3, -0.25) is 9.59 Å². The normalized spacial score (nSPS) is 10.8. The van der Waals surface area contributed by atoms with Crippen molar-refractivity contribution in [2.24, 2.45) is 5.92 Å². The molecule has 0 aliphatic heterocycles. The van der Waals surface area contributed by atoms with Crippen LogP contribution in [0.5, 0.6) is 0 Å². The van der Waals surface area contributed by atoms with E-state index in [1.807, 2.05) is 37.2 Å². The molecule has 30 heavy (non-hydrogen) atoms. The zero-order valence-corrected chi connectivity index (χ0v) is 19.0. The van der Waals surface area contributed by atoms with Gasteiger partial charge in [-0.15, -0.1) is 0 Å². The number of carbonyl (C=O) groups excluding carboxylic acids is 2. The van der Waals surface area contributed by atoms with Gasteiger partial charge in [0.2, 0.25) is 5.91 Å². The van der Waals surface area contributed by atoms with Crippen LogP contribution in [0.25, 0.3) is 0 Å². The Bertz CT molecular complexity index is 884. The van der Waals surface area contributed by atoms with Crippen LogP contribution in [0, 0.1) is 5.92 Å². The summed E-state index contributed by atoms with van der Waals surface area (Å²) in [5.41, 5.74) is 2.96. The highest BCUT2D eigenvalue weighted by atomic mass is 35.5. The summed E-state index contributed by atoms with van der Waals surface area (Å²) in [6, 6.07) is 12.6. The highest BCUT2D eigenvalue weighted by Gasteiger charge is 2.18. The highest BCUT2D eigenvalue weighted by molar-refractivity contribution is 6.34. The topological polar surface area (TPSA) is 61.9 Å². The molecular formula is C23H30ClN3O3. The van der Waals surface area contributed by atoms with E-state index < -0.39 is 0 Å². The summed E-state index contributed by atoms with van der Waals surface area (Å²) in [6.45, 7) is 5.21. The van der Waals surface area contributed by atoms with Crippen molar-refractivity contribution < 1.29 is 14.3 Å². The van der Waals surface area contributed by atoms with Crippen LogP contribution in [0.1, 0.15) is 29.8 Å². The predicted molar refractivity (Wildman–Crippen MR) is 122 cm³/mol. The van der Waals surface area contributed by atoms with E-state index in [2.05, 4.69) is 19.2 Å².